The molecule has 0 atom stereocenters. The van der Waals surface area contributed by atoms with Crippen molar-refractivity contribution in [2.24, 2.45) is 0 Å². The molecule has 1 aliphatic rings. The van der Waals surface area contributed by atoms with Gasteiger partial charge in [-0.3, -0.25) is 0 Å². The first-order chi connectivity index (χ1) is 8.06. The summed E-state index contributed by atoms with van der Waals surface area (Å²) in [6.45, 7) is 0. The summed E-state index contributed by atoms with van der Waals surface area (Å²) in [5.41, 5.74) is -0.284. The zero-order chi connectivity index (χ0) is 12.4. The Morgan fingerprint density at radius 1 is 1.00 bits per heavy atom. The van der Waals surface area contributed by atoms with Crippen molar-refractivity contribution < 1.29 is 18.3 Å². The molecule has 2 N–H and O–H groups in total. The molecule has 0 unspecified atom stereocenters. The van der Waals surface area contributed by atoms with Crippen LogP contribution in [0.3, 0.4) is 0 Å². The van der Waals surface area contributed by atoms with E-state index in [-0.39, 0.29) is 17.8 Å². The molecule has 0 bridgehead atoms. The molecule has 0 amide bonds. The van der Waals surface area contributed by atoms with Crippen molar-refractivity contribution in [3.05, 3.63) is 29.6 Å². The topological polar surface area (TPSA) is 32.3 Å². The van der Waals surface area contributed by atoms with Gasteiger partial charge >= 0.3 is 0 Å². The second kappa shape index (κ2) is 4.96. The summed E-state index contributed by atoms with van der Waals surface area (Å²) in [6, 6.07) is 1.24. The number of anilines is 1. The summed E-state index contributed by atoms with van der Waals surface area (Å²) >= 11 is 0. The molecular formula is C12H14F3NO. The highest BCUT2D eigenvalue weighted by Gasteiger charge is 2.21. The lowest BCUT2D eigenvalue weighted by molar-refractivity contribution is 0.126. The van der Waals surface area contributed by atoms with Gasteiger partial charge in [-0.2, -0.15) is 0 Å². The highest BCUT2D eigenvalue weighted by atomic mass is 19.1. The van der Waals surface area contributed by atoms with Crippen LogP contribution in [-0.4, -0.2) is 17.3 Å². The normalized spacial score (nSPS) is 24.7. The van der Waals surface area contributed by atoms with Crippen molar-refractivity contribution in [1.29, 1.82) is 0 Å². The van der Waals surface area contributed by atoms with Gasteiger partial charge in [-0.15, -0.1) is 0 Å². The highest BCUT2D eigenvalue weighted by Crippen LogP contribution is 2.26. The average molecular weight is 245 g/mol. The van der Waals surface area contributed by atoms with Gasteiger partial charge in [0.1, 0.15) is 11.5 Å². The number of rotatable bonds is 2. The van der Waals surface area contributed by atoms with Crippen LogP contribution >= 0.6 is 0 Å². The predicted octanol–water partition coefficient (Wildman–Crippen LogP) is 2.82. The molecule has 0 heterocycles. The van der Waals surface area contributed by atoms with E-state index in [2.05, 4.69) is 5.32 Å². The van der Waals surface area contributed by atoms with Crippen LogP contribution in [0.1, 0.15) is 25.7 Å². The van der Waals surface area contributed by atoms with E-state index in [1.165, 1.54) is 0 Å². The zero-order valence-electron chi connectivity index (χ0n) is 9.22. The van der Waals surface area contributed by atoms with E-state index >= 15 is 0 Å². The molecule has 0 aliphatic heterocycles. The standard InChI is InChI=1S/C12H14F3NO/c13-7-5-10(14)12(11(15)6-7)16-8-1-3-9(17)4-2-8/h5-6,8-9,16-17H,1-4H2. The third-order valence-corrected chi connectivity index (χ3v) is 3.05. The van der Waals surface area contributed by atoms with Gasteiger partial charge < -0.3 is 10.4 Å². The molecule has 17 heavy (non-hydrogen) atoms. The number of aliphatic hydroxyl groups excluding tert-OH is 1. The molecule has 2 nitrogen and oxygen atoms in total. The lowest BCUT2D eigenvalue weighted by atomic mass is 9.93. The Hall–Kier alpha value is -1.23. The summed E-state index contributed by atoms with van der Waals surface area (Å²) in [5, 5.41) is 12.1. The molecule has 5 heteroatoms. The molecule has 1 fully saturated rings. The van der Waals surface area contributed by atoms with Crippen molar-refractivity contribution in [3.8, 4) is 0 Å². The third-order valence-electron chi connectivity index (χ3n) is 3.05. The molecule has 0 aromatic heterocycles. The fourth-order valence-electron chi connectivity index (χ4n) is 2.10. The molecule has 0 saturated heterocycles. The third kappa shape index (κ3) is 2.91. The van der Waals surface area contributed by atoms with E-state index in [0.29, 0.717) is 37.8 Å². The van der Waals surface area contributed by atoms with Gasteiger partial charge in [0.25, 0.3) is 0 Å². The summed E-state index contributed by atoms with van der Waals surface area (Å²) < 4.78 is 39.4. The molecule has 1 aromatic rings. The van der Waals surface area contributed by atoms with E-state index in [0.717, 1.165) is 0 Å². The van der Waals surface area contributed by atoms with E-state index in [4.69, 9.17) is 0 Å². The van der Waals surface area contributed by atoms with E-state index < -0.39 is 17.5 Å². The lowest BCUT2D eigenvalue weighted by Gasteiger charge is -2.27. The van der Waals surface area contributed by atoms with Gasteiger partial charge in [-0.1, -0.05) is 0 Å². The zero-order valence-corrected chi connectivity index (χ0v) is 9.22. The number of hydrogen-bond acceptors (Lipinski definition) is 2. The largest absolute Gasteiger partial charge is 0.393 e. The fourth-order valence-corrected chi connectivity index (χ4v) is 2.10. The number of aliphatic hydroxyl groups is 1. The summed E-state index contributed by atoms with van der Waals surface area (Å²) in [4.78, 5) is 0. The first-order valence-electron chi connectivity index (χ1n) is 5.65. The molecule has 0 spiro atoms. The van der Waals surface area contributed by atoms with E-state index in [1.54, 1.807) is 0 Å². The number of hydrogen-bond donors (Lipinski definition) is 2. The Labute approximate surface area is 97.5 Å². The molecule has 0 radical (unpaired) electrons. The van der Waals surface area contributed by atoms with Crippen LogP contribution in [-0.2, 0) is 0 Å². The minimum absolute atomic E-state index is 0.0761. The number of nitrogens with one attached hydrogen (secondary N) is 1. The minimum Gasteiger partial charge on any atom is -0.393 e. The maximum atomic E-state index is 13.4. The average Bonchev–Trinajstić information content (AvgIpc) is 2.26. The molecule has 2 rings (SSSR count). The van der Waals surface area contributed by atoms with E-state index in [9.17, 15) is 18.3 Å². The Balaban J connectivity index is 2.08. The first kappa shape index (κ1) is 12.2. The van der Waals surface area contributed by atoms with Gasteiger partial charge in [-0.25, -0.2) is 13.2 Å². The maximum absolute atomic E-state index is 13.4. The summed E-state index contributed by atoms with van der Waals surface area (Å²) in [6.07, 6.45) is 2.20. The van der Waals surface area contributed by atoms with Crippen molar-refractivity contribution in [2.75, 3.05) is 5.32 Å². The summed E-state index contributed by atoms with van der Waals surface area (Å²) in [5.74, 6) is -2.77. The van der Waals surface area contributed by atoms with Crippen LogP contribution in [0, 0.1) is 17.5 Å². The molecule has 1 saturated carbocycles. The number of halogens is 3. The lowest BCUT2D eigenvalue weighted by Crippen LogP contribution is -2.29. The Morgan fingerprint density at radius 3 is 2.06 bits per heavy atom. The molecule has 1 aromatic carbocycles. The quantitative estimate of drug-likeness (QED) is 0.839. The maximum Gasteiger partial charge on any atom is 0.152 e. The van der Waals surface area contributed by atoms with Gasteiger partial charge in [0, 0.05) is 18.2 Å². The predicted molar refractivity (Wildman–Crippen MR) is 58.2 cm³/mol. The van der Waals surface area contributed by atoms with Gasteiger partial charge in [0.2, 0.25) is 0 Å². The van der Waals surface area contributed by atoms with Crippen molar-refractivity contribution in [1.82, 2.24) is 0 Å². The van der Waals surface area contributed by atoms with Crippen LogP contribution in [0.25, 0.3) is 0 Å². The van der Waals surface area contributed by atoms with Gasteiger partial charge in [0.15, 0.2) is 11.6 Å². The van der Waals surface area contributed by atoms with Crippen LogP contribution < -0.4 is 5.32 Å². The monoisotopic (exact) mass is 245 g/mol. The van der Waals surface area contributed by atoms with Crippen molar-refractivity contribution in [3.63, 3.8) is 0 Å². The second-order valence-corrected chi connectivity index (χ2v) is 4.39. The molecule has 1 aliphatic carbocycles. The van der Waals surface area contributed by atoms with Crippen molar-refractivity contribution >= 4 is 5.69 Å². The SMILES string of the molecule is OC1CCC(Nc2c(F)cc(F)cc2F)CC1. The van der Waals surface area contributed by atoms with Crippen LogP contribution in [0.15, 0.2) is 12.1 Å². The van der Waals surface area contributed by atoms with Crippen LogP contribution in [0.5, 0.6) is 0 Å². The van der Waals surface area contributed by atoms with Crippen molar-refractivity contribution in [2.45, 2.75) is 37.8 Å². The second-order valence-electron chi connectivity index (χ2n) is 4.39. The molecule has 94 valence electrons. The van der Waals surface area contributed by atoms with Crippen LogP contribution in [0.4, 0.5) is 18.9 Å². The Kier molecular flexibility index (Phi) is 3.57. The van der Waals surface area contributed by atoms with Gasteiger partial charge in [0.05, 0.1) is 6.10 Å². The molecular weight excluding hydrogens is 231 g/mol. The smallest absolute Gasteiger partial charge is 0.152 e. The van der Waals surface area contributed by atoms with Gasteiger partial charge in [-0.05, 0) is 25.7 Å². The Morgan fingerprint density at radius 2 is 1.53 bits per heavy atom. The van der Waals surface area contributed by atoms with E-state index in [1.807, 2.05) is 0 Å². The summed E-state index contributed by atoms with van der Waals surface area (Å²) in [7, 11) is 0. The minimum atomic E-state index is -0.926. The fraction of sp³-hybridized carbons (Fsp3) is 0.500. The van der Waals surface area contributed by atoms with Crippen LogP contribution in [0.2, 0.25) is 0 Å². The highest BCUT2D eigenvalue weighted by molar-refractivity contribution is 5.47. The number of benzene rings is 1. The Bertz CT molecular complexity index is 380. The first-order valence-corrected chi connectivity index (χ1v) is 5.65.